The van der Waals surface area contributed by atoms with Gasteiger partial charge in [-0.05, 0) is 53.9 Å². The molecular formula is C20H23N3O2S2. The van der Waals surface area contributed by atoms with Gasteiger partial charge in [0, 0.05) is 12.4 Å². The minimum Gasteiger partial charge on any atom is -0.616 e. The van der Waals surface area contributed by atoms with Gasteiger partial charge >= 0.3 is 0 Å². The predicted octanol–water partition coefficient (Wildman–Crippen LogP) is 4.32. The van der Waals surface area contributed by atoms with Crippen LogP contribution in [0.3, 0.4) is 0 Å². The van der Waals surface area contributed by atoms with Crippen LogP contribution in [-0.2, 0) is 11.2 Å². The molecule has 0 saturated carbocycles. The van der Waals surface area contributed by atoms with E-state index in [4.69, 9.17) is 5.21 Å². The van der Waals surface area contributed by atoms with Crippen LogP contribution in [0.15, 0.2) is 54.9 Å². The van der Waals surface area contributed by atoms with E-state index in [-0.39, 0.29) is 11.2 Å². The van der Waals surface area contributed by atoms with Crippen LogP contribution >= 0.6 is 11.3 Å². The lowest BCUT2D eigenvalue weighted by Crippen LogP contribution is -2.28. The largest absolute Gasteiger partial charge is 0.616 e. The van der Waals surface area contributed by atoms with Crippen LogP contribution in [0.1, 0.15) is 36.8 Å². The Bertz CT molecular complexity index is 902. The highest BCUT2D eigenvalue weighted by Crippen LogP contribution is 2.34. The summed E-state index contributed by atoms with van der Waals surface area (Å²) in [7, 11) is 0. The van der Waals surface area contributed by atoms with Crippen molar-refractivity contribution >= 4 is 38.4 Å². The molecule has 0 saturated heterocycles. The molecule has 0 fully saturated rings. The molecule has 7 heteroatoms. The Morgan fingerprint density at radius 1 is 1.37 bits per heavy atom. The predicted molar refractivity (Wildman–Crippen MR) is 113 cm³/mol. The van der Waals surface area contributed by atoms with Gasteiger partial charge < -0.3 is 4.55 Å². The van der Waals surface area contributed by atoms with E-state index in [1.807, 2.05) is 42.9 Å². The highest BCUT2D eigenvalue weighted by Gasteiger charge is 2.30. The molecule has 0 aromatic carbocycles. The summed E-state index contributed by atoms with van der Waals surface area (Å²) < 4.78 is 13.5. The Kier molecular flexibility index (Phi) is 6.84. The van der Waals surface area contributed by atoms with Gasteiger partial charge in [-0.1, -0.05) is 31.2 Å². The molecule has 1 aliphatic carbocycles. The molecule has 5 nitrogen and oxygen atoms in total. The van der Waals surface area contributed by atoms with E-state index < -0.39 is 11.2 Å². The number of thiazole rings is 1. The summed E-state index contributed by atoms with van der Waals surface area (Å²) in [5, 5.41) is 9.55. The van der Waals surface area contributed by atoms with E-state index in [0.717, 1.165) is 32.9 Å². The minimum absolute atomic E-state index is 0.0196. The van der Waals surface area contributed by atoms with Crippen molar-refractivity contribution in [3.63, 3.8) is 0 Å². The van der Waals surface area contributed by atoms with E-state index in [1.54, 1.807) is 17.4 Å². The molecule has 3 unspecified atom stereocenters. The first-order valence-corrected chi connectivity index (χ1v) is 11.1. The lowest BCUT2D eigenvalue weighted by atomic mass is 9.93. The summed E-state index contributed by atoms with van der Waals surface area (Å²) in [6, 6.07) is 2.12. The third kappa shape index (κ3) is 4.50. The van der Waals surface area contributed by atoms with E-state index in [9.17, 15) is 4.55 Å². The molecule has 0 aliphatic heterocycles. The van der Waals surface area contributed by atoms with Crippen LogP contribution in [0, 0.1) is 0 Å². The summed E-state index contributed by atoms with van der Waals surface area (Å²) in [6.45, 7) is 4.02. The Hall–Kier alpha value is -1.93. The maximum Gasteiger partial charge on any atom is 0.170 e. The lowest BCUT2D eigenvalue weighted by Gasteiger charge is -2.26. The number of hydrogen-bond donors (Lipinski definition) is 2. The molecule has 27 heavy (non-hydrogen) atoms. The van der Waals surface area contributed by atoms with Crippen molar-refractivity contribution in [1.82, 2.24) is 15.4 Å². The summed E-state index contributed by atoms with van der Waals surface area (Å²) >= 11 is 0.698. The second-order valence-electron chi connectivity index (χ2n) is 6.07. The third-order valence-corrected chi connectivity index (χ3v) is 7.14. The molecule has 142 valence electrons. The van der Waals surface area contributed by atoms with E-state index in [2.05, 4.69) is 29.0 Å². The zero-order chi connectivity index (χ0) is 19.2. The molecule has 2 heterocycles. The topological polar surface area (TPSA) is 81.1 Å². The van der Waals surface area contributed by atoms with Gasteiger partial charge in [0.25, 0.3) is 0 Å². The van der Waals surface area contributed by atoms with E-state index >= 15 is 0 Å². The van der Waals surface area contributed by atoms with Crippen LogP contribution in [0.4, 0.5) is 0 Å². The molecule has 3 rings (SSSR count). The standard InChI is InChI=1S/C20H23N3O2S2/c1-3-14(8-7-11-22-24)20-23-19-17(26-20)12-15(13-21-19)16-9-5-6-10-18(16)27(25)4-2/h5-13,16,18,22,24H,3-4H2,1-2H3/b11-7-,14-8+. The molecule has 2 N–H and O–H groups in total. The first kappa shape index (κ1) is 19.8. The number of hydroxylamine groups is 1. The Balaban J connectivity index is 1.94. The molecule has 1 aliphatic rings. The SMILES string of the molecule is CC/C(=C\C=C/NO)c1nc2ncc(C3C=CC=CC3[S+]([O-])CC)cc2s1. The fraction of sp³-hybridized carbons (Fsp3) is 0.300. The smallest absolute Gasteiger partial charge is 0.170 e. The summed E-state index contributed by atoms with van der Waals surface area (Å²) in [4.78, 5) is 9.20. The zero-order valence-electron chi connectivity index (χ0n) is 15.3. The van der Waals surface area contributed by atoms with Crippen molar-refractivity contribution in [3.05, 3.63) is 65.5 Å². The minimum atomic E-state index is -0.907. The number of allylic oxidation sites excluding steroid dienone is 6. The fourth-order valence-corrected chi connectivity index (χ4v) is 5.33. The van der Waals surface area contributed by atoms with Crippen LogP contribution < -0.4 is 5.48 Å². The number of nitrogens with one attached hydrogen (secondary N) is 1. The van der Waals surface area contributed by atoms with E-state index in [0.29, 0.717) is 5.75 Å². The molecule has 2 aromatic heterocycles. The third-order valence-electron chi connectivity index (χ3n) is 4.45. The molecule has 3 atom stereocenters. The fourth-order valence-electron chi connectivity index (χ4n) is 3.03. The normalized spacial score (nSPS) is 21.3. The molecule has 0 amide bonds. The highest BCUT2D eigenvalue weighted by atomic mass is 32.2. The Morgan fingerprint density at radius 3 is 2.93 bits per heavy atom. The second-order valence-corrected chi connectivity index (χ2v) is 8.99. The van der Waals surface area contributed by atoms with Crippen LogP contribution in [0.5, 0.6) is 0 Å². The molecular weight excluding hydrogens is 378 g/mol. The van der Waals surface area contributed by atoms with Crippen molar-refractivity contribution in [3.8, 4) is 0 Å². The first-order chi connectivity index (χ1) is 13.2. The molecule has 2 aromatic rings. The van der Waals surface area contributed by atoms with E-state index in [1.165, 1.54) is 6.20 Å². The van der Waals surface area contributed by atoms with Crippen LogP contribution in [0.25, 0.3) is 15.9 Å². The first-order valence-electron chi connectivity index (χ1n) is 8.92. The van der Waals surface area contributed by atoms with Gasteiger partial charge in [-0.2, -0.15) is 0 Å². The second kappa shape index (κ2) is 9.32. The summed E-state index contributed by atoms with van der Waals surface area (Å²) in [6.07, 6.45) is 15.9. The van der Waals surface area contributed by atoms with Gasteiger partial charge in [0.2, 0.25) is 0 Å². The van der Waals surface area contributed by atoms with Crippen molar-refractivity contribution < 1.29 is 9.76 Å². The van der Waals surface area contributed by atoms with Crippen molar-refractivity contribution in [2.75, 3.05) is 5.75 Å². The van der Waals surface area contributed by atoms with Gasteiger partial charge in [-0.25, -0.2) is 9.97 Å². The maximum atomic E-state index is 12.4. The number of hydrogen-bond acceptors (Lipinski definition) is 6. The molecule has 0 bridgehead atoms. The number of nitrogens with zero attached hydrogens (tertiary/aromatic N) is 2. The van der Waals surface area contributed by atoms with Gasteiger partial charge in [-0.15, -0.1) is 11.3 Å². The average molecular weight is 402 g/mol. The monoisotopic (exact) mass is 401 g/mol. The van der Waals surface area contributed by atoms with Gasteiger partial charge in [0.15, 0.2) is 5.65 Å². The van der Waals surface area contributed by atoms with Gasteiger partial charge in [-0.3, -0.25) is 10.7 Å². The molecule has 0 spiro atoms. The van der Waals surface area contributed by atoms with Crippen LogP contribution in [-0.4, -0.2) is 30.7 Å². The lowest BCUT2D eigenvalue weighted by molar-refractivity contribution is 0.214. The number of aromatic nitrogens is 2. The van der Waals surface area contributed by atoms with Crippen molar-refractivity contribution in [2.45, 2.75) is 31.4 Å². The van der Waals surface area contributed by atoms with Crippen molar-refractivity contribution in [2.24, 2.45) is 0 Å². The maximum absolute atomic E-state index is 12.4. The Morgan fingerprint density at radius 2 is 2.19 bits per heavy atom. The quantitative estimate of drug-likeness (QED) is 0.410. The molecule has 0 radical (unpaired) electrons. The van der Waals surface area contributed by atoms with Gasteiger partial charge in [0.05, 0.1) is 10.6 Å². The van der Waals surface area contributed by atoms with Gasteiger partial charge in [0.1, 0.15) is 16.0 Å². The highest BCUT2D eigenvalue weighted by molar-refractivity contribution is 7.92. The average Bonchev–Trinajstić information content (AvgIpc) is 3.13. The van der Waals surface area contributed by atoms with Crippen molar-refractivity contribution in [1.29, 1.82) is 0 Å². The van der Waals surface area contributed by atoms with Crippen LogP contribution in [0.2, 0.25) is 0 Å². The number of rotatable bonds is 7. The summed E-state index contributed by atoms with van der Waals surface area (Å²) in [5.74, 6) is 0.707. The number of pyridine rings is 1. The Labute approximate surface area is 166 Å². The zero-order valence-corrected chi connectivity index (χ0v) is 17.0. The number of fused-ring (bicyclic) bond motifs is 1. The summed E-state index contributed by atoms with van der Waals surface area (Å²) in [5.41, 5.74) is 4.87.